The van der Waals surface area contributed by atoms with Gasteiger partial charge in [-0.25, -0.2) is 0 Å². The van der Waals surface area contributed by atoms with E-state index in [0.717, 1.165) is 30.1 Å². The van der Waals surface area contributed by atoms with Crippen LogP contribution < -0.4 is 0 Å². The molecule has 0 unspecified atom stereocenters. The highest BCUT2D eigenvalue weighted by molar-refractivity contribution is 5.73. The molecule has 0 saturated heterocycles. The first-order chi connectivity index (χ1) is 7.53. The Balaban J connectivity index is 2.03. The predicted molar refractivity (Wildman–Crippen MR) is 65.0 cm³/mol. The molecule has 1 nitrogen and oxygen atoms in total. The van der Waals surface area contributed by atoms with Crippen LogP contribution in [0.2, 0.25) is 0 Å². The molecule has 0 aromatic heterocycles. The Labute approximate surface area is 98.3 Å². The monoisotopic (exact) mass is 218 g/mol. The van der Waals surface area contributed by atoms with Crippen molar-refractivity contribution in [2.24, 2.45) is 28.6 Å². The van der Waals surface area contributed by atoms with E-state index >= 15 is 0 Å². The maximum absolute atomic E-state index is 11.0. The summed E-state index contributed by atoms with van der Waals surface area (Å²) in [7, 11) is 0. The molecule has 2 fully saturated rings. The number of rotatable bonds is 1. The molecule has 1 spiro atoms. The van der Waals surface area contributed by atoms with Gasteiger partial charge < -0.3 is 0 Å². The van der Waals surface area contributed by atoms with Crippen LogP contribution in [0.25, 0.3) is 0 Å². The molecule has 88 valence electrons. The quantitative estimate of drug-likeness (QED) is 0.615. The molecule has 0 aromatic carbocycles. The van der Waals surface area contributed by atoms with Gasteiger partial charge in [-0.1, -0.05) is 26.8 Å². The van der Waals surface area contributed by atoms with Gasteiger partial charge in [0.05, 0.1) is 0 Å². The molecular weight excluding hydrogens is 196 g/mol. The molecule has 0 radical (unpaired) electrons. The van der Waals surface area contributed by atoms with Crippen LogP contribution in [0.4, 0.5) is 0 Å². The summed E-state index contributed by atoms with van der Waals surface area (Å²) < 4.78 is 0. The number of hydrogen-bond donors (Lipinski definition) is 0. The standard InChI is InChI=1S/C15H22O/c1-10-4-5-12-14(2,3)13-8-11(9-16)6-7-15(10,12)13/h8-10,12-13H,4-7H2,1-3H3/t10-,12+,13+,15+/m1/s1. The third-order valence-corrected chi connectivity index (χ3v) is 6.11. The Hall–Kier alpha value is -0.590. The summed E-state index contributed by atoms with van der Waals surface area (Å²) in [6.07, 6.45) is 8.49. The molecule has 0 amide bonds. The molecule has 4 atom stereocenters. The molecule has 0 bridgehead atoms. The summed E-state index contributed by atoms with van der Waals surface area (Å²) in [5.74, 6) is 2.43. The van der Waals surface area contributed by atoms with Gasteiger partial charge in [0, 0.05) is 0 Å². The summed E-state index contributed by atoms with van der Waals surface area (Å²) in [5.41, 5.74) is 2.05. The fourth-order valence-electron chi connectivity index (χ4n) is 5.40. The zero-order chi connectivity index (χ0) is 11.6. The van der Waals surface area contributed by atoms with Crippen molar-refractivity contribution in [2.75, 3.05) is 0 Å². The van der Waals surface area contributed by atoms with Crippen LogP contribution in [0.15, 0.2) is 11.6 Å². The SMILES string of the molecule is C[C@@H]1CC[C@H]2C(C)(C)[C@@H]3C=C(C=O)CC[C@@]132. The topological polar surface area (TPSA) is 17.1 Å². The number of carbonyl (C=O) groups excluding carboxylic acids is 1. The van der Waals surface area contributed by atoms with Crippen molar-refractivity contribution in [3.8, 4) is 0 Å². The zero-order valence-corrected chi connectivity index (χ0v) is 10.6. The lowest BCUT2D eigenvalue weighted by molar-refractivity contribution is -0.167. The highest BCUT2D eigenvalue weighted by Crippen LogP contribution is 2.75. The van der Waals surface area contributed by atoms with Gasteiger partial charge in [-0.3, -0.25) is 4.79 Å². The molecule has 0 aromatic rings. The summed E-state index contributed by atoms with van der Waals surface area (Å²) in [6, 6.07) is 0. The molecule has 3 aliphatic rings. The van der Waals surface area contributed by atoms with Gasteiger partial charge in [-0.05, 0) is 59.8 Å². The molecule has 16 heavy (non-hydrogen) atoms. The van der Waals surface area contributed by atoms with E-state index in [-0.39, 0.29) is 0 Å². The minimum Gasteiger partial charge on any atom is -0.298 e. The maximum Gasteiger partial charge on any atom is 0.145 e. The second-order valence-corrected chi connectivity index (χ2v) is 6.80. The molecule has 3 aliphatic carbocycles. The number of carbonyl (C=O) groups is 1. The maximum atomic E-state index is 11.0. The molecular formula is C15H22O. The van der Waals surface area contributed by atoms with Crippen molar-refractivity contribution < 1.29 is 4.79 Å². The van der Waals surface area contributed by atoms with Gasteiger partial charge in [0.25, 0.3) is 0 Å². The summed E-state index contributed by atoms with van der Waals surface area (Å²) >= 11 is 0. The van der Waals surface area contributed by atoms with Gasteiger partial charge in [0.2, 0.25) is 0 Å². The van der Waals surface area contributed by atoms with Crippen LogP contribution in [-0.2, 0) is 4.79 Å². The first-order valence-corrected chi connectivity index (χ1v) is 6.69. The van der Waals surface area contributed by atoms with Crippen LogP contribution >= 0.6 is 0 Å². The molecule has 0 aliphatic heterocycles. The van der Waals surface area contributed by atoms with Gasteiger partial charge >= 0.3 is 0 Å². The Morgan fingerprint density at radius 2 is 2.12 bits per heavy atom. The van der Waals surface area contributed by atoms with Crippen molar-refractivity contribution >= 4 is 6.29 Å². The summed E-state index contributed by atoms with van der Waals surface area (Å²) in [5, 5.41) is 0. The fourth-order valence-corrected chi connectivity index (χ4v) is 5.40. The first kappa shape index (κ1) is 10.6. The van der Waals surface area contributed by atoms with Crippen molar-refractivity contribution in [1.29, 1.82) is 0 Å². The first-order valence-electron chi connectivity index (χ1n) is 6.69. The number of hydrogen-bond acceptors (Lipinski definition) is 1. The van der Waals surface area contributed by atoms with Crippen LogP contribution in [0.1, 0.15) is 46.5 Å². The van der Waals surface area contributed by atoms with Gasteiger partial charge in [0.15, 0.2) is 0 Å². The van der Waals surface area contributed by atoms with Gasteiger partial charge in [0.1, 0.15) is 6.29 Å². The van der Waals surface area contributed by atoms with E-state index in [4.69, 9.17) is 0 Å². The normalized spacial score (nSPS) is 48.7. The smallest absolute Gasteiger partial charge is 0.145 e. The van der Waals surface area contributed by atoms with E-state index in [1.807, 2.05) is 0 Å². The average Bonchev–Trinajstić information content (AvgIpc) is 2.55. The molecule has 2 saturated carbocycles. The Kier molecular flexibility index (Phi) is 1.98. The highest BCUT2D eigenvalue weighted by Gasteiger charge is 2.69. The van der Waals surface area contributed by atoms with Gasteiger partial charge in [-0.2, -0.15) is 0 Å². The lowest BCUT2D eigenvalue weighted by Crippen LogP contribution is -2.62. The Bertz CT molecular complexity index is 366. The lowest BCUT2D eigenvalue weighted by atomic mass is 9.37. The molecule has 1 heteroatoms. The fraction of sp³-hybridized carbons (Fsp3) is 0.800. The minimum atomic E-state index is 0.430. The Morgan fingerprint density at radius 3 is 2.81 bits per heavy atom. The highest BCUT2D eigenvalue weighted by atomic mass is 16.1. The van der Waals surface area contributed by atoms with Gasteiger partial charge in [-0.15, -0.1) is 0 Å². The van der Waals surface area contributed by atoms with Crippen LogP contribution in [-0.4, -0.2) is 6.29 Å². The van der Waals surface area contributed by atoms with Crippen molar-refractivity contribution in [1.82, 2.24) is 0 Å². The summed E-state index contributed by atoms with van der Waals surface area (Å²) in [4.78, 5) is 11.0. The third kappa shape index (κ3) is 0.959. The van der Waals surface area contributed by atoms with Crippen LogP contribution in [0.3, 0.4) is 0 Å². The number of allylic oxidation sites excluding steroid dienone is 2. The van der Waals surface area contributed by atoms with E-state index in [0.29, 0.717) is 16.7 Å². The molecule has 0 N–H and O–H groups in total. The van der Waals surface area contributed by atoms with E-state index in [2.05, 4.69) is 26.8 Å². The van der Waals surface area contributed by atoms with Crippen molar-refractivity contribution in [3.05, 3.63) is 11.6 Å². The average molecular weight is 218 g/mol. The van der Waals surface area contributed by atoms with E-state index in [1.54, 1.807) is 0 Å². The van der Waals surface area contributed by atoms with Crippen molar-refractivity contribution in [2.45, 2.75) is 46.5 Å². The van der Waals surface area contributed by atoms with E-state index in [1.165, 1.54) is 19.3 Å². The lowest BCUT2D eigenvalue weighted by Gasteiger charge is -2.67. The largest absolute Gasteiger partial charge is 0.298 e. The van der Waals surface area contributed by atoms with Crippen molar-refractivity contribution in [3.63, 3.8) is 0 Å². The summed E-state index contributed by atoms with van der Waals surface area (Å²) in [6.45, 7) is 7.24. The van der Waals surface area contributed by atoms with Crippen LogP contribution in [0.5, 0.6) is 0 Å². The predicted octanol–water partition coefficient (Wildman–Crippen LogP) is 3.59. The minimum absolute atomic E-state index is 0.430. The zero-order valence-electron chi connectivity index (χ0n) is 10.6. The Morgan fingerprint density at radius 1 is 1.38 bits per heavy atom. The second-order valence-electron chi connectivity index (χ2n) is 6.80. The van der Waals surface area contributed by atoms with E-state index < -0.39 is 0 Å². The van der Waals surface area contributed by atoms with Crippen LogP contribution in [0, 0.1) is 28.6 Å². The third-order valence-electron chi connectivity index (χ3n) is 6.11. The number of aldehydes is 1. The second kappa shape index (κ2) is 3.00. The molecule has 3 rings (SSSR count). The molecule has 0 heterocycles. The van der Waals surface area contributed by atoms with E-state index in [9.17, 15) is 4.79 Å².